The molecule has 0 radical (unpaired) electrons. The van der Waals surface area contributed by atoms with E-state index in [1.807, 2.05) is 27.7 Å². The molecule has 9 heteroatoms. The number of amides is 3. The second kappa shape index (κ2) is 18.2. The Morgan fingerprint density at radius 3 is 2.11 bits per heavy atom. The summed E-state index contributed by atoms with van der Waals surface area (Å²) in [5, 5.41) is 23.0. The van der Waals surface area contributed by atoms with E-state index in [1.165, 1.54) is 6.08 Å². The number of hydrogen-bond acceptors (Lipinski definition) is 5. The summed E-state index contributed by atoms with van der Waals surface area (Å²) in [7, 11) is 0. The van der Waals surface area contributed by atoms with Crippen LogP contribution < -0.4 is 5.32 Å². The lowest BCUT2D eigenvalue weighted by molar-refractivity contribution is -0.139. The van der Waals surface area contributed by atoms with Crippen LogP contribution in [0.15, 0.2) is 30.0 Å². The number of hydrogen-bond donors (Lipinski definition) is 3. The lowest BCUT2D eigenvalue weighted by Gasteiger charge is -2.26. The number of carbonyl (C=O) groups is 3. The number of rotatable bonds is 10. The molecule has 3 amide bonds. The zero-order chi connectivity index (χ0) is 22.0. The summed E-state index contributed by atoms with van der Waals surface area (Å²) in [5.74, 6) is -2.56. The van der Waals surface area contributed by atoms with Crippen LogP contribution in [0.25, 0.3) is 0 Å². The summed E-state index contributed by atoms with van der Waals surface area (Å²) < 4.78 is 0. The quantitative estimate of drug-likeness (QED) is 0.389. The highest BCUT2D eigenvalue weighted by atomic mass is 16.4. The number of aliphatic hydroxyl groups is 1. The summed E-state index contributed by atoms with van der Waals surface area (Å²) in [5.41, 5.74) is 0.431. The monoisotopic (exact) mass is 387 g/mol. The minimum atomic E-state index is -1.75. The molecule has 0 aromatic heterocycles. The van der Waals surface area contributed by atoms with Crippen LogP contribution in [0.2, 0.25) is 0 Å². The molecule has 0 aromatic carbocycles. The van der Waals surface area contributed by atoms with Crippen molar-refractivity contribution in [3.8, 4) is 0 Å². The van der Waals surface area contributed by atoms with Gasteiger partial charge in [-0.2, -0.15) is 0 Å². The minimum Gasteiger partial charge on any atom is -0.480 e. The topological polar surface area (TPSA) is 136 Å². The van der Waals surface area contributed by atoms with E-state index in [4.69, 9.17) is 5.11 Å². The van der Waals surface area contributed by atoms with Crippen LogP contribution in [-0.4, -0.2) is 58.3 Å². The summed E-state index contributed by atoms with van der Waals surface area (Å²) in [6, 6.07) is -2.02. The Balaban J connectivity index is -0.00000134. The van der Waals surface area contributed by atoms with Gasteiger partial charge in [-0.3, -0.25) is 4.79 Å². The van der Waals surface area contributed by atoms with Crippen molar-refractivity contribution in [2.24, 2.45) is 5.18 Å². The van der Waals surface area contributed by atoms with Crippen LogP contribution >= 0.6 is 0 Å². The van der Waals surface area contributed by atoms with Gasteiger partial charge in [0.05, 0.1) is 6.54 Å². The molecule has 0 spiro atoms. The Morgan fingerprint density at radius 1 is 1.22 bits per heavy atom. The van der Waals surface area contributed by atoms with Crippen LogP contribution in [0.4, 0.5) is 4.79 Å². The van der Waals surface area contributed by atoms with Crippen LogP contribution in [0, 0.1) is 4.91 Å². The van der Waals surface area contributed by atoms with Crippen molar-refractivity contribution in [1.82, 2.24) is 10.2 Å². The normalized spacial score (nSPS) is 11.2. The van der Waals surface area contributed by atoms with Crippen molar-refractivity contribution >= 4 is 17.9 Å². The van der Waals surface area contributed by atoms with Gasteiger partial charge in [0, 0.05) is 18.1 Å². The highest BCUT2D eigenvalue weighted by Crippen LogP contribution is 2.06. The van der Waals surface area contributed by atoms with Gasteiger partial charge in [-0.1, -0.05) is 59.4 Å². The second-order valence-electron chi connectivity index (χ2n) is 4.80. The standard InChI is InChI=1S/C14H21N3O6.2C2H6/c1-4-6-17(8-11(18)12(19)16-23)14(22)15-10(13(20)21)7-9(3)5-2;2*1-2/h5,10-11,18H,2-4,6-8H2,1H3,(H,15,22)(H,20,21);2*1-2H3. The van der Waals surface area contributed by atoms with E-state index in [0.717, 1.165) is 4.90 Å². The van der Waals surface area contributed by atoms with Gasteiger partial charge in [0.25, 0.3) is 0 Å². The zero-order valence-corrected chi connectivity index (χ0v) is 16.9. The van der Waals surface area contributed by atoms with Gasteiger partial charge in [0.2, 0.25) is 0 Å². The van der Waals surface area contributed by atoms with Gasteiger partial charge >= 0.3 is 17.9 Å². The Kier molecular flexibility index (Phi) is 19.7. The van der Waals surface area contributed by atoms with E-state index in [9.17, 15) is 24.4 Å². The predicted octanol–water partition coefficient (Wildman–Crippen LogP) is 2.70. The highest BCUT2D eigenvalue weighted by molar-refractivity contribution is 5.84. The van der Waals surface area contributed by atoms with Gasteiger partial charge in [0.15, 0.2) is 6.10 Å². The fourth-order valence-corrected chi connectivity index (χ4v) is 1.68. The van der Waals surface area contributed by atoms with Crippen molar-refractivity contribution in [2.45, 2.75) is 59.6 Å². The molecule has 0 aliphatic heterocycles. The molecule has 9 nitrogen and oxygen atoms in total. The number of carbonyl (C=O) groups excluding carboxylic acids is 2. The molecule has 0 rings (SSSR count). The van der Waals surface area contributed by atoms with E-state index in [-0.39, 0.29) is 13.0 Å². The van der Waals surface area contributed by atoms with Crippen molar-refractivity contribution in [1.29, 1.82) is 0 Å². The smallest absolute Gasteiger partial charge is 0.326 e. The number of carboxylic acids is 1. The van der Waals surface area contributed by atoms with Crippen LogP contribution in [0.5, 0.6) is 0 Å². The molecule has 2 atom stereocenters. The maximum atomic E-state index is 12.1. The number of allylic oxidation sites excluding steroid dienone is 1. The summed E-state index contributed by atoms with van der Waals surface area (Å²) in [4.78, 5) is 45.4. The fraction of sp³-hybridized carbons (Fsp3) is 0.611. The molecule has 2 unspecified atom stereocenters. The molecule has 0 saturated carbocycles. The average Bonchev–Trinajstić information content (AvgIpc) is 2.68. The molecular formula is C18H33N3O6. The molecule has 0 heterocycles. The highest BCUT2D eigenvalue weighted by Gasteiger charge is 2.26. The maximum Gasteiger partial charge on any atom is 0.326 e. The first-order valence-electron chi connectivity index (χ1n) is 8.90. The number of urea groups is 1. The minimum absolute atomic E-state index is 0.0398. The predicted molar refractivity (Wildman–Crippen MR) is 105 cm³/mol. The number of aliphatic hydroxyl groups excluding tert-OH is 1. The molecule has 0 aromatic rings. The van der Waals surface area contributed by atoms with Crippen molar-refractivity contribution in [3.63, 3.8) is 0 Å². The SMILES string of the molecule is C=CC(=C)CC(NC(=O)N(CCC)CC(O)C(=O)N=O)C(=O)O.CC.CC. The van der Waals surface area contributed by atoms with Crippen LogP contribution in [0.3, 0.4) is 0 Å². The number of aliphatic carboxylic acids is 1. The largest absolute Gasteiger partial charge is 0.480 e. The van der Waals surface area contributed by atoms with Crippen molar-refractivity contribution < 1.29 is 24.6 Å². The lowest BCUT2D eigenvalue weighted by Crippen LogP contribution is -2.50. The van der Waals surface area contributed by atoms with Crippen molar-refractivity contribution in [3.05, 3.63) is 29.7 Å². The number of carboxylic acid groups (broad SMARTS) is 1. The average molecular weight is 387 g/mol. The van der Waals surface area contributed by atoms with Gasteiger partial charge in [0.1, 0.15) is 6.04 Å². The Hall–Kier alpha value is -2.55. The Morgan fingerprint density at radius 2 is 1.74 bits per heavy atom. The fourth-order valence-electron chi connectivity index (χ4n) is 1.68. The van der Waals surface area contributed by atoms with E-state index < -0.39 is 36.6 Å². The zero-order valence-electron chi connectivity index (χ0n) is 16.9. The third-order valence-corrected chi connectivity index (χ3v) is 2.90. The molecule has 0 saturated heterocycles. The third kappa shape index (κ3) is 13.3. The summed E-state index contributed by atoms with van der Waals surface area (Å²) in [6.45, 7) is 16.5. The van der Waals surface area contributed by atoms with E-state index in [1.54, 1.807) is 6.92 Å². The number of nitrogens with zero attached hydrogens (tertiary/aromatic N) is 2. The first-order chi connectivity index (χ1) is 12.8. The van der Waals surface area contributed by atoms with Crippen LogP contribution in [0.1, 0.15) is 47.5 Å². The van der Waals surface area contributed by atoms with Crippen molar-refractivity contribution in [2.75, 3.05) is 13.1 Å². The third-order valence-electron chi connectivity index (χ3n) is 2.90. The van der Waals surface area contributed by atoms with Gasteiger partial charge in [-0.05, 0) is 6.42 Å². The van der Waals surface area contributed by atoms with Gasteiger partial charge < -0.3 is 20.4 Å². The Bertz CT molecular complexity index is 493. The summed E-state index contributed by atoms with van der Waals surface area (Å²) >= 11 is 0. The first kappa shape index (κ1) is 29.2. The van der Waals surface area contributed by atoms with E-state index in [0.29, 0.717) is 12.0 Å². The molecule has 27 heavy (non-hydrogen) atoms. The maximum absolute atomic E-state index is 12.1. The molecular weight excluding hydrogens is 354 g/mol. The Labute approximate surface area is 161 Å². The summed E-state index contributed by atoms with van der Waals surface area (Å²) in [6.07, 6.45) is 0.0857. The van der Waals surface area contributed by atoms with E-state index >= 15 is 0 Å². The molecule has 3 N–H and O–H groups in total. The first-order valence-corrected chi connectivity index (χ1v) is 8.90. The second-order valence-corrected chi connectivity index (χ2v) is 4.80. The van der Waals surface area contributed by atoms with E-state index in [2.05, 4.69) is 23.7 Å². The van der Waals surface area contributed by atoms with Gasteiger partial charge in [-0.15, -0.1) is 4.91 Å². The van der Waals surface area contributed by atoms with Crippen LogP contribution in [-0.2, 0) is 9.59 Å². The lowest BCUT2D eigenvalue weighted by atomic mass is 10.1. The molecule has 156 valence electrons. The number of nitroso groups, excluding NO2 is 1. The molecule has 0 bridgehead atoms. The number of nitrogens with one attached hydrogen (secondary N) is 1. The molecule has 0 aliphatic carbocycles. The molecule has 0 aliphatic rings. The molecule has 0 fully saturated rings. The van der Waals surface area contributed by atoms with Gasteiger partial charge in [-0.25, -0.2) is 9.59 Å².